The maximum Gasteiger partial charge on any atom is 3.00 e. The van der Waals surface area contributed by atoms with E-state index in [1.807, 2.05) is 0 Å². The Morgan fingerprint density at radius 3 is 0.579 bits per heavy atom. The second kappa shape index (κ2) is 14.2. The summed E-state index contributed by atoms with van der Waals surface area (Å²) in [5.74, 6) is -7.69. The Hall–Kier alpha value is -1.84. The van der Waals surface area contributed by atoms with E-state index < -0.39 is 35.3 Å². The Balaban J connectivity index is -0.0000000865. The zero-order valence-corrected chi connectivity index (χ0v) is 12.1. The molecule has 0 aromatic carbocycles. The Morgan fingerprint density at radius 1 is 0.526 bits per heavy atom. The third kappa shape index (κ3) is 31.4. The number of hydrogen-bond acceptors (Lipinski definition) is 9. The van der Waals surface area contributed by atoms with Crippen LogP contribution >= 0.6 is 0 Å². The number of carbonyl (C=O) groups is 6. The molecule has 19 heavy (non-hydrogen) atoms. The molecule has 0 fully saturated rings. The minimum atomic E-state index is -1.63. The molecule has 0 spiro atoms. The molecule has 0 atom stereocenters. The maximum atomic E-state index is 9.48. The number of hydrogen-bond donors (Lipinski definition) is 0. The summed E-state index contributed by atoms with van der Waals surface area (Å²) in [5, 5.41) is 27.7. The van der Waals surface area contributed by atoms with Crippen LogP contribution < -0.4 is 15.3 Å². The van der Waals surface area contributed by atoms with Crippen molar-refractivity contribution in [1.82, 2.24) is 0 Å². The van der Waals surface area contributed by atoms with Crippen LogP contribution in [0.5, 0.6) is 0 Å². The van der Waals surface area contributed by atoms with Gasteiger partial charge < -0.3 is 29.7 Å². The van der Waals surface area contributed by atoms with Gasteiger partial charge in [0.2, 0.25) is 0 Å². The van der Waals surface area contributed by atoms with Crippen LogP contribution in [0.4, 0.5) is 0 Å². The predicted octanol–water partition coefficient (Wildman–Crippen LogP) is -5.03. The normalized spacial score (nSPS) is 7.11. The Labute approximate surface area is 123 Å². The first kappa shape index (κ1) is 25.9. The fourth-order valence-electron chi connectivity index (χ4n) is 0. The maximum absolute atomic E-state index is 9.48. The largest absolute Gasteiger partial charge is 3.00 e. The van der Waals surface area contributed by atoms with Crippen LogP contribution in [0, 0.1) is 0 Å². The van der Waals surface area contributed by atoms with Gasteiger partial charge in [0, 0.05) is 20.8 Å². The zero-order chi connectivity index (χ0) is 15.5. The minimum absolute atomic E-state index is 0. The van der Waals surface area contributed by atoms with Gasteiger partial charge in [0.1, 0.15) is 17.9 Å². The molecule has 0 aliphatic carbocycles. The Morgan fingerprint density at radius 2 is 0.579 bits per heavy atom. The fourth-order valence-corrected chi connectivity index (χ4v) is 0. The van der Waals surface area contributed by atoms with Crippen LogP contribution in [0.25, 0.3) is 0 Å². The van der Waals surface area contributed by atoms with E-state index in [-0.39, 0.29) is 22.4 Å². The van der Waals surface area contributed by atoms with Crippen molar-refractivity contribution in [2.45, 2.75) is 20.8 Å². The van der Waals surface area contributed by atoms with Crippen molar-refractivity contribution in [3.8, 4) is 0 Å². The number of rotatable bonds is 3. The molecule has 0 bridgehead atoms. The van der Waals surface area contributed by atoms with Crippen LogP contribution in [0.1, 0.15) is 20.8 Å². The quantitative estimate of drug-likeness (QED) is 0.297. The monoisotopic (exact) mass is 458 g/mol. The van der Waals surface area contributed by atoms with E-state index in [2.05, 4.69) is 0 Å². The molecule has 0 N–H and O–H groups in total. The molecule has 10 heteroatoms. The van der Waals surface area contributed by atoms with Gasteiger partial charge in [-0.2, -0.15) is 0 Å². The third-order valence-electron chi connectivity index (χ3n) is 0.862. The van der Waals surface area contributed by atoms with Crippen LogP contribution in [0.15, 0.2) is 0 Å². The third-order valence-corrected chi connectivity index (χ3v) is 0.862. The van der Waals surface area contributed by atoms with Gasteiger partial charge in [-0.3, -0.25) is 14.4 Å². The Kier molecular flexibility index (Phi) is 19.4. The summed E-state index contributed by atoms with van der Waals surface area (Å²) in [7, 11) is 0. The molecule has 110 valence electrons. The number of carbonyl (C=O) groups excluding carboxylic acids is 6. The molecule has 0 heterocycles. The summed E-state index contributed by atoms with van der Waals surface area (Å²) in [6, 6.07) is 0. The zero-order valence-electron chi connectivity index (χ0n) is 9.98. The minimum Gasteiger partial charge on any atom is -0.542 e. The smallest absolute Gasteiger partial charge is 0.542 e. The van der Waals surface area contributed by atoms with Crippen LogP contribution in [-0.4, -0.2) is 35.3 Å². The van der Waals surface area contributed by atoms with Crippen LogP contribution in [-0.2, 0) is 51.1 Å². The molecular formula is C9H9AuO9. The van der Waals surface area contributed by atoms with E-state index in [0.717, 1.165) is 20.8 Å². The van der Waals surface area contributed by atoms with Crippen molar-refractivity contribution < 1.29 is 66.5 Å². The molecule has 0 aromatic heterocycles. The van der Waals surface area contributed by atoms with E-state index in [1.54, 1.807) is 0 Å². The van der Waals surface area contributed by atoms with Crippen LogP contribution in [0.3, 0.4) is 0 Å². The fraction of sp³-hybridized carbons (Fsp3) is 0.333. The topological polar surface area (TPSA) is 172 Å². The standard InChI is InChI=1S/3C3H4O3.Au/c3*1-2(4)3(5)6;/h3*1H3,(H,5,6);/q;;;+3/p-3. The predicted molar refractivity (Wildman–Crippen MR) is 47.1 cm³/mol. The SMILES string of the molecule is CC(=O)C(=O)[O-].CC(=O)C(=O)[O-].CC(=O)C(=O)[O-].[Au+3]. The first-order chi connectivity index (χ1) is 7.93. The van der Waals surface area contributed by atoms with Gasteiger partial charge in [-0.05, 0) is 0 Å². The molecular weight excluding hydrogens is 449 g/mol. The van der Waals surface area contributed by atoms with Gasteiger partial charge in [0.25, 0.3) is 0 Å². The summed E-state index contributed by atoms with van der Waals surface area (Å²) in [5.41, 5.74) is 0. The van der Waals surface area contributed by atoms with Crippen molar-refractivity contribution in [3.05, 3.63) is 0 Å². The van der Waals surface area contributed by atoms with Gasteiger partial charge in [0.15, 0.2) is 17.3 Å². The van der Waals surface area contributed by atoms with Gasteiger partial charge in [-0.25, -0.2) is 0 Å². The van der Waals surface area contributed by atoms with Gasteiger partial charge in [-0.15, -0.1) is 0 Å². The van der Waals surface area contributed by atoms with E-state index in [0.29, 0.717) is 0 Å². The first-order valence-corrected chi connectivity index (χ1v) is 4.09. The molecule has 0 amide bonds. The molecule has 0 radical (unpaired) electrons. The van der Waals surface area contributed by atoms with Crippen molar-refractivity contribution >= 4 is 35.3 Å². The van der Waals surface area contributed by atoms with E-state index in [1.165, 1.54) is 0 Å². The van der Waals surface area contributed by atoms with Crippen molar-refractivity contribution in [2.24, 2.45) is 0 Å². The molecule has 0 aliphatic rings. The number of ketones is 3. The van der Waals surface area contributed by atoms with E-state index in [4.69, 9.17) is 0 Å². The number of carboxylic acid groups (broad SMARTS) is 3. The summed E-state index contributed by atoms with van der Waals surface area (Å²) in [4.78, 5) is 56.2. The van der Waals surface area contributed by atoms with Gasteiger partial charge in [0.05, 0.1) is 0 Å². The molecule has 9 nitrogen and oxygen atoms in total. The number of carboxylic acids is 3. The summed E-state index contributed by atoms with van der Waals surface area (Å²) in [6.45, 7) is 2.82. The molecule has 0 aliphatic heterocycles. The summed E-state index contributed by atoms with van der Waals surface area (Å²) >= 11 is 0. The van der Waals surface area contributed by atoms with Crippen LogP contribution in [0.2, 0.25) is 0 Å². The number of Topliss-reactive ketones (excluding diaryl/α,β-unsaturated/α-hetero) is 3. The summed E-state index contributed by atoms with van der Waals surface area (Å²) in [6.07, 6.45) is 0. The second-order valence-electron chi connectivity index (χ2n) is 2.53. The van der Waals surface area contributed by atoms with Gasteiger partial charge >= 0.3 is 22.4 Å². The number of aliphatic carboxylic acids is 3. The average molecular weight is 458 g/mol. The molecule has 0 unspecified atom stereocenters. The second-order valence-corrected chi connectivity index (χ2v) is 2.53. The Bertz CT molecular complexity index is 279. The van der Waals surface area contributed by atoms with E-state index in [9.17, 15) is 44.1 Å². The van der Waals surface area contributed by atoms with E-state index >= 15 is 0 Å². The van der Waals surface area contributed by atoms with Crippen molar-refractivity contribution in [2.75, 3.05) is 0 Å². The molecule has 0 rings (SSSR count). The molecule has 0 saturated heterocycles. The van der Waals surface area contributed by atoms with Crippen molar-refractivity contribution in [1.29, 1.82) is 0 Å². The van der Waals surface area contributed by atoms with Gasteiger partial charge in [-0.1, -0.05) is 0 Å². The first-order valence-electron chi connectivity index (χ1n) is 4.09. The van der Waals surface area contributed by atoms with Crippen molar-refractivity contribution in [3.63, 3.8) is 0 Å². The molecule has 0 saturated carbocycles. The summed E-state index contributed by atoms with van der Waals surface area (Å²) < 4.78 is 0. The average Bonchev–Trinajstić information content (AvgIpc) is 2.18. The molecule has 0 aromatic rings.